The molecule has 0 unspecified atom stereocenters. The van der Waals surface area contributed by atoms with E-state index in [9.17, 15) is 4.79 Å². The molecule has 1 aliphatic rings. The number of ether oxygens (including phenoxy) is 1. The van der Waals surface area contributed by atoms with E-state index in [1.807, 2.05) is 24.3 Å². The van der Waals surface area contributed by atoms with Crippen LogP contribution in [-0.2, 0) is 4.74 Å². The van der Waals surface area contributed by atoms with E-state index in [0.29, 0.717) is 17.6 Å². The molecular weight excluding hydrogens is 316 g/mol. The lowest BCUT2D eigenvalue weighted by Crippen LogP contribution is -2.07. The van der Waals surface area contributed by atoms with Gasteiger partial charge in [-0.1, -0.05) is 12.1 Å². The highest BCUT2D eigenvalue weighted by atomic mass is 16.5. The fourth-order valence-electron chi connectivity index (χ4n) is 2.60. The second-order valence-corrected chi connectivity index (χ2v) is 6.03. The van der Waals surface area contributed by atoms with Crippen LogP contribution in [0.5, 0.6) is 0 Å². The maximum atomic E-state index is 11.5. The first-order valence-electron chi connectivity index (χ1n) is 8.21. The Balaban J connectivity index is 1.63. The summed E-state index contributed by atoms with van der Waals surface area (Å²) in [6.07, 6.45) is 2.35. The quantitative estimate of drug-likeness (QED) is 0.692. The lowest BCUT2D eigenvalue weighted by Gasteiger charge is -2.11. The van der Waals surface area contributed by atoms with E-state index in [1.54, 1.807) is 24.3 Å². The highest BCUT2D eigenvalue weighted by molar-refractivity contribution is 5.91. The molecule has 2 aromatic carbocycles. The van der Waals surface area contributed by atoms with Gasteiger partial charge in [-0.2, -0.15) is 4.98 Å². The first-order chi connectivity index (χ1) is 12.2. The number of carbonyl (C=O) groups is 1. The van der Waals surface area contributed by atoms with Gasteiger partial charge in [-0.15, -0.1) is 0 Å². The number of hydrogen-bond donors (Lipinski definition) is 2. The maximum absolute atomic E-state index is 11.5. The highest BCUT2D eigenvalue weighted by Gasteiger charge is 2.22. The van der Waals surface area contributed by atoms with Gasteiger partial charge in [-0.3, -0.25) is 0 Å². The monoisotopic (exact) mass is 334 g/mol. The fraction of sp³-hybridized carbons (Fsp3) is 0.211. The van der Waals surface area contributed by atoms with Crippen LogP contribution in [0.25, 0.3) is 10.9 Å². The van der Waals surface area contributed by atoms with Crippen LogP contribution >= 0.6 is 0 Å². The summed E-state index contributed by atoms with van der Waals surface area (Å²) < 4.78 is 4.71. The Hall–Kier alpha value is -3.15. The summed E-state index contributed by atoms with van der Waals surface area (Å²) in [4.78, 5) is 20.7. The van der Waals surface area contributed by atoms with Crippen molar-refractivity contribution in [2.24, 2.45) is 0 Å². The largest absolute Gasteiger partial charge is 0.465 e. The number of rotatable bonds is 5. The molecule has 0 saturated heterocycles. The minimum Gasteiger partial charge on any atom is -0.465 e. The van der Waals surface area contributed by atoms with Gasteiger partial charge in [-0.25, -0.2) is 9.78 Å². The van der Waals surface area contributed by atoms with Crippen molar-refractivity contribution in [2.45, 2.75) is 18.9 Å². The van der Waals surface area contributed by atoms with Crippen molar-refractivity contribution in [1.29, 1.82) is 0 Å². The van der Waals surface area contributed by atoms with Crippen LogP contribution in [0.15, 0.2) is 48.5 Å². The fourth-order valence-corrected chi connectivity index (χ4v) is 2.60. The van der Waals surface area contributed by atoms with Gasteiger partial charge >= 0.3 is 5.97 Å². The van der Waals surface area contributed by atoms with Gasteiger partial charge < -0.3 is 15.4 Å². The van der Waals surface area contributed by atoms with Crippen LogP contribution < -0.4 is 10.6 Å². The van der Waals surface area contributed by atoms with E-state index in [0.717, 1.165) is 22.4 Å². The molecule has 4 rings (SSSR count). The van der Waals surface area contributed by atoms with Gasteiger partial charge in [0.1, 0.15) is 5.82 Å². The average Bonchev–Trinajstić information content (AvgIpc) is 3.46. The number of nitrogens with one attached hydrogen (secondary N) is 2. The molecule has 1 heterocycles. The predicted molar refractivity (Wildman–Crippen MR) is 97.2 cm³/mol. The zero-order valence-corrected chi connectivity index (χ0v) is 13.8. The molecule has 6 heteroatoms. The molecule has 0 spiro atoms. The predicted octanol–water partition coefficient (Wildman–Crippen LogP) is 3.73. The zero-order chi connectivity index (χ0) is 17.2. The second-order valence-electron chi connectivity index (χ2n) is 6.03. The molecule has 1 aromatic heterocycles. The molecule has 3 aromatic rings. The average molecular weight is 334 g/mol. The number of hydrogen-bond acceptors (Lipinski definition) is 6. The third-order valence-corrected chi connectivity index (χ3v) is 4.08. The van der Waals surface area contributed by atoms with Crippen LogP contribution in [0.4, 0.5) is 17.5 Å². The van der Waals surface area contributed by atoms with Crippen LogP contribution in [0.2, 0.25) is 0 Å². The zero-order valence-electron chi connectivity index (χ0n) is 13.8. The molecule has 1 saturated carbocycles. The number of carbonyl (C=O) groups excluding carboxylic acids is 1. The molecule has 6 nitrogen and oxygen atoms in total. The first kappa shape index (κ1) is 15.4. The van der Waals surface area contributed by atoms with Gasteiger partial charge in [0.2, 0.25) is 5.95 Å². The standard InChI is InChI=1S/C19H18N4O2/c1-25-18(24)12-6-8-14(9-7-12)21-19-22-16-5-3-2-4-15(16)17(23-19)20-13-10-11-13/h2-9,13H,10-11H2,1H3,(H2,20,21,22,23). The van der Waals surface area contributed by atoms with Crippen LogP contribution in [0, 0.1) is 0 Å². The Labute approximate surface area is 145 Å². The van der Waals surface area contributed by atoms with Crippen molar-refractivity contribution in [3.63, 3.8) is 0 Å². The number of esters is 1. The molecule has 0 bridgehead atoms. The van der Waals surface area contributed by atoms with E-state index in [4.69, 9.17) is 4.74 Å². The smallest absolute Gasteiger partial charge is 0.337 e. The minimum atomic E-state index is -0.357. The lowest BCUT2D eigenvalue weighted by atomic mass is 10.2. The van der Waals surface area contributed by atoms with Crippen molar-refractivity contribution in [3.05, 3.63) is 54.1 Å². The molecule has 25 heavy (non-hydrogen) atoms. The van der Waals surface area contributed by atoms with Crippen LogP contribution in [-0.4, -0.2) is 29.1 Å². The molecule has 0 aliphatic heterocycles. The highest BCUT2D eigenvalue weighted by Crippen LogP contribution is 2.29. The molecule has 0 amide bonds. The lowest BCUT2D eigenvalue weighted by molar-refractivity contribution is 0.0601. The van der Waals surface area contributed by atoms with Gasteiger partial charge in [0, 0.05) is 17.1 Å². The molecule has 1 fully saturated rings. The summed E-state index contributed by atoms with van der Waals surface area (Å²) in [7, 11) is 1.37. The third kappa shape index (κ3) is 3.38. The van der Waals surface area contributed by atoms with E-state index in [1.165, 1.54) is 20.0 Å². The summed E-state index contributed by atoms with van der Waals surface area (Å²) in [6, 6.07) is 15.5. The molecule has 126 valence electrons. The second kappa shape index (κ2) is 6.39. The molecule has 1 aliphatic carbocycles. The Kier molecular flexibility index (Phi) is 3.93. The Bertz CT molecular complexity index is 920. The topological polar surface area (TPSA) is 76.1 Å². The van der Waals surface area contributed by atoms with Crippen LogP contribution in [0.3, 0.4) is 0 Å². The Morgan fingerprint density at radius 1 is 1.08 bits per heavy atom. The van der Waals surface area contributed by atoms with Gasteiger partial charge in [-0.05, 0) is 49.2 Å². The van der Waals surface area contributed by atoms with E-state index < -0.39 is 0 Å². The summed E-state index contributed by atoms with van der Waals surface area (Å²) in [6.45, 7) is 0. The Morgan fingerprint density at radius 3 is 2.56 bits per heavy atom. The summed E-state index contributed by atoms with van der Waals surface area (Å²) in [5.74, 6) is 1.01. The van der Waals surface area contributed by atoms with Crippen molar-refractivity contribution in [2.75, 3.05) is 17.7 Å². The SMILES string of the molecule is COC(=O)c1ccc(Nc2nc(NC3CC3)c3ccccc3n2)cc1. The summed E-state index contributed by atoms with van der Waals surface area (Å²) in [5, 5.41) is 7.68. The van der Waals surface area contributed by atoms with Crippen molar-refractivity contribution in [1.82, 2.24) is 9.97 Å². The maximum Gasteiger partial charge on any atom is 0.337 e. The van der Waals surface area contributed by atoms with E-state index in [-0.39, 0.29) is 5.97 Å². The minimum absolute atomic E-state index is 0.357. The number of benzene rings is 2. The molecule has 0 radical (unpaired) electrons. The summed E-state index contributed by atoms with van der Waals surface area (Å²) >= 11 is 0. The van der Waals surface area contributed by atoms with Crippen molar-refractivity contribution < 1.29 is 9.53 Å². The molecule has 0 atom stereocenters. The number of para-hydroxylation sites is 1. The van der Waals surface area contributed by atoms with Crippen molar-refractivity contribution in [3.8, 4) is 0 Å². The molecule has 2 N–H and O–H groups in total. The first-order valence-corrected chi connectivity index (χ1v) is 8.21. The Morgan fingerprint density at radius 2 is 1.84 bits per heavy atom. The number of anilines is 3. The van der Waals surface area contributed by atoms with Gasteiger partial charge in [0.25, 0.3) is 0 Å². The van der Waals surface area contributed by atoms with E-state index >= 15 is 0 Å². The van der Waals surface area contributed by atoms with Gasteiger partial charge in [0.05, 0.1) is 18.2 Å². The normalized spacial score (nSPS) is 13.5. The number of nitrogens with zero attached hydrogens (tertiary/aromatic N) is 2. The van der Waals surface area contributed by atoms with E-state index in [2.05, 4.69) is 20.6 Å². The van der Waals surface area contributed by atoms with Crippen molar-refractivity contribution >= 4 is 34.3 Å². The molecular formula is C19H18N4O2. The number of methoxy groups -OCH3 is 1. The number of aromatic nitrogens is 2. The number of fused-ring (bicyclic) bond motifs is 1. The third-order valence-electron chi connectivity index (χ3n) is 4.08. The summed E-state index contributed by atoms with van der Waals surface area (Å²) in [5.41, 5.74) is 2.19. The van der Waals surface area contributed by atoms with Gasteiger partial charge in [0.15, 0.2) is 0 Å². The van der Waals surface area contributed by atoms with Crippen LogP contribution in [0.1, 0.15) is 23.2 Å².